The second-order valence-corrected chi connectivity index (χ2v) is 4.12. The number of urea groups is 1. The van der Waals surface area contributed by atoms with Crippen LogP contribution in [0.3, 0.4) is 0 Å². The van der Waals surface area contributed by atoms with Gasteiger partial charge in [-0.2, -0.15) is 18.2 Å². The fraction of sp³-hybridized carbons (Fsp3) is 0.250. The molecule has 0 atom stereocenters. The number of nitrogens with zero attached hydrogens (tertiary/aromatic N) is 2. The number of carbonyl (C=O) groups excluding carboxylic acids is 1. The monoisotopic (exact) mass is 300 g/mol. The van der Waals surface area contributed by atoms with Crippen molar-refractivity contribution in [3.05, 3.63) is 41.5 Å². The molecule has 0 bridgehead atoms. The van der Waals surface area contributed by atoms with E-state index in [9.17, 15) is 18.0 Å². The maximum absolute atomic E-state index is 12.4. The van der Waals surface area contributed by atoms with Crippen LogP contribution >= 0.6 is 0 Å². The molecule has 1 aromatic carbocycles. The zero-order valence-electron chi connectivity index (χ0n) is 10.9. The number of hydrogen-bond acceptors (Lipinski definition) is 4. The Morgan fingerprint density at radius 3 is 2.48 bits per heavy atom. The number of rotatable bonds is 3. The molecule has 112 valence electrons. The standard InChI is InChI=1S/C12H11F3N4O2/c1-7-17-10(21-19-7)6-16-11(20)18-9-4-2-8(3-5-9)12(13,14)15/h2-5H,6H2,1H3,(H2,16,18,20). The average Bonchev–Trinajstić information content (AvgIpc) is 2.82. The number of hydrogen-bond donors (Lipinski definition) is 2. The van der Waals surface area contributed by atoms with Gasteiger partial charge < -0.3 is 15.2 Å². The molecule has 0 spiro atoms. The third-order valence-electron chi connectivity index (χ3n) is 2.44. The van der Waals surface area contributed by atoms with E-state index in [1.54, 1.807) is 6.92 Å². The van der Waals surface area contributed by atoms with Gasteiger partial charge in [-0.25, -0.2) is 4.79 Å². The Balaban J connectivity index is 1.88. The SMILES string of the molecule is Cc1noc(CNC(=O)Nc2ccc(C(F)(F)F)cc2)n1. The first-order chi connectivity index (χ1) is 9.84. The van der Waals surface area contributed by atoms with E-state index in [0.29, 0.717) is 5.82 Å². The molecule has 2 amide bonds. The van der Waals surface area contributed by atoms with E-state index in [0.717, 1.165) is 12.1 Å². The van der Waals surface area contributed by atoms with Crippen molar-refractivity contribution < 1.29 is 22.5 Å². The zero-order chi connectivity index (χ0) is 15.5. The largest absolute Gasteiger partial charge is 0.416 e. The summed E-state index contributed by atoms with van der Waals surface area (Å²) in [4.78, 5) is 15.4. The van der Waals surface area contributed by atoms with Gasteiger partial charge in [-0.3, -0.25) is 0 Å². The van der Waals surface area contributed by atoms with Crippen LogP contribution in [0.1, 0.15) is 17.3 Å². The predicted octanol–water partition coefficient (Wildman–Crippen LogP) is 2.72. The summed E-state index contributed by atoms with van der Waals surface area (Å²) in [6.45, 7) is 1.66. The molecule has 21 heavy (non-hydrogen) atoms. The van der Waals surface area contributed by atoms with Gasteiger partial charge in [0.25, 0.3) is 0 Å². The lowest BCUT2D eigenvalue weighted by atomic mass is 10.2. The summed E-state index contributed by atoms with van der Waals surface area (Å²) in [5, 5.41) is 8.37. The Kier molecular flexibility index (Phi) is 4.10. The van der Waals surface area contributed by atoms with Gasteiger partial charge in [0.15, 0.2) is 5.82 Å². The van der Waals surface area contributed by atoms with E-state index in [1.807, 2.05) is 0 Å². The van der Waals surface area contributed by atoms with E-state index < -0.39 is 17.8 Å². The number of amides is 2. The number of aryl methyl sites for hydroxylation is 1. The van der Waals surface area contributed by atoms with Gasteiger partial charge in [-0.15, -0.1) is 0 Å². The first kappa shape index (κ1) is 14.8. The highest BCUT2D eigenvalue weighted by atomic mass is 19.4. The first-order valence-corrected chi connectivity index (χ1v) is 5.86. The van der Waals surface area contributed by atoms with Crippen LogP contribution in [0.4, 0.5) is 23.7 Å². The number of nitrogens with one attached hydrogen (secondary N) is 2. The molecule has 0 aliphatic heterocycles. The van der Waals surface area contributed by atoms with Crippen LogP contribution in [0.25, 0.3) is 0 Å². The molecular weight excluding hydrogens is 289 g/mol. The van der Waals surface area contributed by atoms with Gasteiger partial charge in [0.05, 0.1) is 12.1 Å². The number of aromatic nitrogens is 2. The lowest BCUT2D eigenvalue weighted by Gasteiger charge is -2.09. The lowest BCUT2D eigenvalue weighted by Crippen LogP contribution is -2.28. The first-order valence-electron chi connectivity index (χ1n) is 5.86. The second-order valence-electron chi connectivity index (χ2n) is 4.12. The third-order valence-corrected chi connectivity index (χ3v) is 2.44. The minimum absolute atomic E-state index is 0.0211. The Morgan fingerprint density at radius 2 is 1.95 bits per heavy atom. The van der Waals surface area contributed by atoms with Gasteiger partial charge in [-0.1, -0.05) is 5.16 Å². The average molecular weight is 300 g/mol. The van der Waals surface area contributed by atoms with Crippen molar-refractivity contribution in [3.8, 4) is 0 Å². The maximum atomic E-state index is 12.4. The Hall–Kier alpha value is -2.58. The minimum Gasteiger partial charge on any atom is -0.337 e. The van der Waals surface area contributed by atoms with Gasteiger partial charge >= 0.3 is 12.2 Å². The van der Waals surface area contributed by atoms with Crippen molar-refractivity contribution in [2.24, 2.45) is 0 Å². The molecule has 0 saturated heterocycles. The van der Waals surface area contributed by atoms with Crippen LogP contribution in [0.5, 0.6) is 0 Å². The number of alkyl halides is 3. The van der Waals surface area contributed by atoms with Gasteiger partial charge in [0.2, 0.25) is 5.89 Å². The van der Waals surface area contributed by atoms with E-state index in [2.05, 4.69) is 20.8 Å². The van der Waals surface area contributed by atoms with Gasteiger partial charge in [0.1, 0.15) is 0 Å². The fourth-order valence-electron chi connectivity index (χ4n) is 1.49. The summed E-state index contributed by atoms with van der Waals surface area (Å²) in [5.74, 6) is 0.671. The maximum Gasteiger partial charge on any atom is 0.416 e. The highest BCUT2D eigenvalue weighted by Crippen LogP contribution is 2.29. The van der Waals surface area contributed by atoms with E-state index in [4.69, 9.17) is 4.52 Å². The molecular formula is C12H11F3N4O2. The minimum atomic E-state index is -4.41. The van der Waals surface area contributed by atoms with Crippen molar-refractivity contribution in [2.45, 2.75) is 19.6 Å². The molecule has 1 heterocycles. The van der Waals surface area contributed by atoms with Crippen molar-refractivity contribution in [3.63, 3.8) is 0 Å². The normalized spacial score (nSPS) is 11.2. The molecule has 0 aliphatic carbocycles. The highest BCUT2D eigenvalue weighted by molar-refractivity contribution is 5.89. The Bertz CT molecular complexity index is 622. The summed E-state index contributed by atoms with van der Waals surface area (Å²) >= 11 is 0. The Labute approximate surface area is 117 Å². The van der Waals surface area contributed by atoms with Crippen molar-refractivity contribution in [1.29, 1.82) is 0 Å². The van der Waals surface area contributed by atoms with Crippen LogP contribution in [0.2, 0.25) is 0 Å². The van der Waals surface area contributed by atoms with Crippen LogP contribution < -0.4 is 10.6 Å². The van der Waals surface area contributed by atoms with Gasteiger partial charge in [-0.05, 0) is 31.2 Å². The summed E-state index contributed by atoms with van der Waals surface area (Å²) < 4.78 is 41.9. The van der Waals surface area contributed by atoms with Crippen LogP contribution in [0, 0.1) is 6.92 Å². The topological polar surface area (TPSA) is 80.0 Å². The molecule has 0 unspecified atom stereocenters. The molecule has 1 aromatic heterocycles. The number of anilines is 1. The van der Waals surface area contributed by atoms with Crippen molar-refractivity contribution >= 4 is 11.7 Å². The van der Waals surface area contributed by atoms with E-state index >= 15 is 0 Å². The molecule has 0 saturated carbocycles. The van der Waals surface area contributed by atoms with Crippen LogP contribution in [-0.4, -0.2) is 16.2 Å². The fourth-order valence-corrected chi connectivity index (χ4v) is 1.49. The Morgan fingerprint density at radius 1 is 1.29 bits per heavy atom. The molecule has 0 radical (unpaired) electrons. The summed E-state index contributed by atoms with van der Waals surface area (Å²) in [6.07, 6.45) is -4.41. The van der Waals surface area contributed by atoms with E-state index in [1.165, 1.54) is 12.1 Å². The zero-order valence-corrected chi connectivity index (χ0v) is 10.9. The smallest absolute Gasteiger partial charge is 0.337 e. The summed E-state index contributed by atoms with van der Waals surface area (Å²) in [6, 6.07) is 3.51. The van der Waals surface area contributed by atoms with Crippen molar-refractivity contribution in [1.82, 2.24) is 15.5 Å². The second kappa shape index (κ2) is 5.81. The summed E-state index contributed by atoms with van der Waals surface area (Å²) in [7, 11) is 0. The van der Waals surface area contributed by atoms with Crippen LogP contribution in [0.15, 0.2) is 28.8 Å². The molecule has 2 rings (SSSR count). The molecule has 9 heteroatoms. The molecule has 0 fully saturated rings. The van der Waals surface area contributed by atoms with Crippen LogP contribution in [-0.2, 0) is 12.7 Å². The number of benzene rings is 1. The molecule has 2 N–H and O–H groups in total. The molecule has 0 aliphatic rings. The molecule has 2 aromatic rings. The predicted molar refractivity (Wildman–Crippen MR) is 66.3 cm³/mol. The van der Waals surface area contributed by atoms with E-state index in [-0.39, 0.29) is 18.1 Å². The third kappa shape index (κ3) is 4.20. The quantitative estimate of drug-likeness (QED) is 0.913. The van der Waals surface area contributed by atoms with Crippen molar-refractivity contribution in [2.75, 3.05) is 5.32 Å². The van der Waals surface area contributed by atoms with Gasteiger partial charge in [0, 0.05) is 5.69 Å². The highest BCUT2D eigenvalue weighted by Gasteiger charge is 2.29. The number of halogens is 3. The number of carbonyl (C=O) groups is 1. The summed E-state index contributed by atoms with van der Waals surface area (Å²) in [5.41, 5.74) is -0.544. The lowest BCUT2D eigenvalue weighted by molar-refractivity contribution is -0.137. The molecule has 6 nitrogen and oxygen atoms in total.